The van der Waals surface area contributed by atoms with Crippen LogP contribution in [0.3, 0.4) is 0 Å². The molecule has 1 atom stereocenters. The first-order valence-corrected chi connectivity index (χ1v) is 5.11. The summed E-state index contributed by atoms with van der Waals surface area (Å²) < 4.78 is 9.79. The van der Waals surface area contributed by atoms with E-state index in [1.54, 1.807) is 5.06 Å². The quantitative estimate of drug-likeness (QED) is 0.537. The minimum Gasteiger partial charge on any atom is -0.327 e. The predicted octanol–water partition coefficient (Wildman–Crippen LogP) is 1.90. The molecule has 1 unspecified atom stereocenters. The normalized spacial score (nSPS) is 14.8. The average molecular weight is 195 g/mol. The van der Waals surface area contributed by atoms with E-state index >= 15 is 0 Å². The van der Waals surface area contributed by atoms with Crippen LogP contribution in [-0.4, -0.2) is 29.2 Å². The second-order valence-electron chi connectivity index (χ2n) is 3.05. The van der Waals surface area contributed by atoms with E-state index in [0.29, 0.717) is 0 Å². The topological polar surface area (TPSA) is 41.9 Å². The Hall–Kier alpha value is 0.270. The molecule has 0 heterocycles. The van der Waals surface area contributed by atoms with Gasteiger partial charge in [0.25, 0.3) is 0 Å². The third-order valence-corrected chi connectivity index (χ3v) is 1.98. The molecular weight excluding hydrogens is 177 g/mol. The highest BCUT2D eigenvalue weighted by molar-refractivity contribution is 7.40. The summed E-state index contributed by atoms with van der Waals surface area (Å²) >= 11 is 0. The lowest BCUT2D eigenvalue weighted by molar-refractivity contribution is -0.120. The summed E-state index contributed by atoms with van der Waals surface area (Å²) in [6, 6.07) is 0.467. The second kappa shape index (κ2) is 5.84. The number of hydrogen-bond donors (Lipinski definition) is 1. The maximum absolute atomic E-state index is 9.10. The minimum absolute atomic E-state index is 0.234. The van der Waals surface area contributed by atoms with Gasteiger partial charge >= 0.3 is 8.60 Å². The van der Waals surface area contributed by atoms with Crippen LogP contribution < -0.4 is 0 Å². The van der Waals surface area contributed by atoms with E-state index in [2.05, 4.69) is 4.52 Å². The molecule has 0 spiro atoms. The van der Waals surface area contributed by atoms with Crippen molar-refractivity contribution in [1.29, 1.82) is 0 Å². The number of nitrogens with zero attached hydrogens (tertiary/aromatic N) is 1. The van der Waals surface area contributed by atoms with Crippen molar-refractivity contribution in [3.05, 3.63) is 0 Å². The van der Waals surface area contributed by atoms with E-state index < -0.39 is 8.60 Å². The Morgan fingerprint density at radius 1 is 1.17 bits per heavy atom. The molecule has 12 heavy (non-hydrogen) atoms. The van der Waals surface area contributed by atoms with Gasteiger partial charge in [-0.15, -0.1) is 0 Å². The zero-order valence-electron chi connectivity index (χ0n) is 8.31. The molecule has 0 rings (SSSR count). The average Bonchev–Trinajstić information content (AvgIpc) is 1.98. The largest absolute Gasteiger partial charge is 0.347 e. The van der Waals surface area contributed by atoms with Crippen molar-refractivity contribution in [3.63, 3.8) is 0 Å². The Labute approximate surface area is 75.4 Å². The first-order chi connectivity index (χ1) is 5.49. The van der Waals surface area contributed by atoms with Gasteiger partial charge in [0.15, 0.2) is 0 Å². The van der Waals surface area contributed by atoms with Crippen LogP contribution in [0.25, 0.3) is 0 Å². The minimum atomic E-state index is -1.76. The molecular formula is C7H18NO3P. The molecule has 4 nitrogen and oxygen atoms in total. The fourth-order valence-corrected chi connectivity index (χ4v) is 1.50. The van der Waals surface area contributed by atoms with Gasteiger partial charge in [0.2, 0.25) is 0 Å². The van der Waals surface area contributed by atoms with E-state index in [4.69, 9.17) is 9.52 Å². The van der Waals surface area contributed by atoms with E-state index in [-0.39, 0.29) is 12.1 Å². The molecule has 0 saturated heterocycles. The molecule has 1 N–H and O–H groups in total. The summed E-state index contributed by atoms with van der Waals surface area (Å²) in [5.74, 6) is 0. The van der Waals surface area contributed by atoms with Gasteiger partial charge in [0.1, 0.15) is 0 Å². The van der Waals surface area contributed by atoms with Crippen LogP contribution in [0, 0.1) is 0 Å². The SMILES string of the molecule is COP(O)ON(C(C)C)C(C)C. The molecule has 0 aromatic heterocycles. The molecule has 0 radical (unpaired) electrons. The van der Waals surface area contributed by atoms with Crippen LogP contribution in [0.15, 0.2) is 0 Å². The van der Waals surface area contributed by atoms with Crippen LogP contribution in [0.1, 0.15) is 27.7 Å². The van der Waals surface area contributed by atoms with Crippen LogP contribution in [0.4, 0.5) is 0 Å². The molecule has 0 bridgehead atoms. The first-order valence-electron chi connectivity index (χ1n) is 3.98. The van der Waals surface area contributed by atoms with Crippen LogP contribution in [-0.2, 0) is 9.15 Å². The summed E-state index contributed by atoms with van der Waals surface area (Å²) in [6.45, 7) is 8.00. The maximum atomic E-state index is 9.10. The summed E-state index contributed by atoms with van der Waals surface area (Å²) in [5, 5.41) is 1.72. The molecule has 0 aromatic rings. The van der Waals surface area contributed by atoms with Crippen molar-refractivity contribution in [2.75, 3.05) is 7.11 Å². The second-order valence-corrected chi connectivity index (χ2v) is 4.05. The lowest BCUT2D eigenvalue weighted by atomic mass is 10.3. The number of hydrogen-bond acceptors (Lipinski definition) is 4. The van der Waals surface area contributed by atoms with Crippen molar-refractivity contribution in [2.45, 2.75) is 39.8 Å². The molecule has 74 valence electrons. The Balaban J connectivity index is 3.95. The summed E-state index contributed by atoms with van der Waals surface area (Å²) in [6.07, 6.45) is 0. The van der Waals surface area contributed by atoms with Crippen molar-refractivity contribution >= 4 is 8.60 Å². The first kappa shape index (κ1) is 12.3. The van der Waals surface area contributed by atoms with Crippen molar-refractivity contribution < 1.29 is 14.0 Å². The maximum Gasteiger partial charge on any atom is 0.347 e. The standard InChI is InChI=1S/C7H18NO3P/c1-6(2)8(7(3)4)11-12(9)10-5/h6-7,9H,1-5H3. The van der Waals surface area contributed by atoms with Gasteiger partial charge in [-0.3, -0.25) is 0 Å². The van der Waals surface area contributed by atoms with Crippen LogP contribution >= 0.6 is 8.60 Å². The van der Waals surface area contributed by atoms with Gasteiger partial charge in [-0.1, -0.05) is 0 Å². The van der Waals surface area contributed by atoms with Crippen LogP contribution in [0.2, 0.25) is 0 Å². The summed E-state index contributed by atoms with van der Waals surface area (Å²) in [7, 11) is -0.336. The van der Waals surface area contributed by atoms with Gasteiger partial charge < -0.3 is 9.42 Å². The highest BCUT2D eigenvalue weighted by atomic mass is 31.2. The van der Waals surface area contributed by atoms with E-state index in [0.717, 1.165) is 0 Å². The molecule has 0 aliphatic rings. The summed E-state index contributed by atoms with van der Waals surface area (Å²) in [4.78, 5) is 9.10. The monoisotopic (exact) mass is 195 g/mol. The molecule has 0 aliphatic heterocycles. The fourth-order valence-electron chi connectivity index (χ4n) is 0.899. The zero-order chi connectivity index (χ0) is 9.72. The third kappa shape index (κ3) is 4.33. The lowest BCUT2D eigenvalue weighted by Gasteiger charge is -2.29. The molecule has 0 saturated carbocycles. The van der Waals surface area contributed by atoms with E-state index in [9.17, 15) is 0 Å². The van der Waals surface area contributed by atoms with Gasteiger partial charge in [-0.05, 0) is 27.7 Å². The Kier molecular flexibility index (Phi) is 5.97. The van der Waals surface area contributed by atoms with Crippen LogP contribution in [0.5, 0.6) is 0 Å². The number of rotatable bonds is 5. The zero-order valence-corrected chi connectivity index (χ0v) is 9.21. The Morgan fingerprint density at radius 3 is 1.83 bits per heavy atom. The smallest absolute Gasteiger partial charge is 0.327 e. The Morgan fingerprint density at radius 2 is 1.58 bits per heavy atom. The highest BCUT2D eigenvalue weighted by Gasteiger charge is 2.18. The third-order valence-electron chi connectivity index (χ3n) is 1.34. The van der Waals surface area contributed by atoms with Crippen molar-refractivity contribution in [1.82, 2.24) is 5.06 Å². The Bertz CT molecular complexity index is 113. The molecule has 0 aromatic carbocycles. The van der Waals surface area contributed by atoms with E-state index in [1.807, 2.05) is 27.7 Å². The van der Waals surface area contributed by atoms with Gasteiger partial charge in [-0.25, -0.2) is 4.62 Å². The van der Waals surface area contributed by atoms with E-state index in [1.165, 1.54) is 7.11 Å². The fraction of sp³-hybridized carbons (Fsp3) is 1.00. The highest BCUT2D eigenvalue weighted by Crippen LogP contribution is 2.34. The molecule has 0 amide bonds. The van der Waals surface area contributed by atoms with Crippen molar-refractivity contribution in [2.24, 2.45) is 0 Å². The summed E-state index contributed by atoms with van der Waals surface area (Å²) in [5.41, 5.74) is 0. The van der Waals surface area contributed by atoms with Gasteiger partial charge in [0.05, 0.1) is 0 Å². The van der Waals surface area contributed by atoms with Gasteiger partial charge in [-0.2, -0.15) is 5.06 Å². The lowest BCUT2D eigenvalue weighted by Crippen LogP contribution is -2.35. The molecule has 0 aliphatic carbocycles. The molecule has 5 heteroatoms. The number of hydroxylamine groups is 2. The molecule has 0 fully saturated rings. The van der Waals surface area contributed by atoms with Gasteiger partial charge in [0, 0.05) is 19.2 Å². The predicted molar refractivity (Wildman–Crippen MR) is 49.3 cm³/mol. The van der Waals surface area contributed by atoms with Crippen molar-refractivity contribution in [3.8, 4) is 0 Å².